The van der Waals surface area contributed by atoms with Gasteiger partial charge in [-0.1, -0.05) is 44.2 Å². The van der Waals surface area contributed by atoms with Gasteiger partial charge in [0.15, 0.2) is 6.29 Å². The molecule has 2 heteroatoms. The molecule has 1 aliphatic heterocycles. The zero-order chi connectivity index (χ0) is 12.1. The first-order chi connectivity index (χ1) is 8.25. The number of hydrogen-bond acceptors (Lipinski definition) is 2. The second kappa shape index (κ2) is 5.99. The van der Waals surface area contributed by atoms with Crippen molar-refractivity contribution in [1.82, 2.24) is 0 Å². The van der Waals surface area contributed by atoms with Crippen LogP contribution in [0.2, 0.25) is 0 Å². The van der Waals surface area contributed by atoms with Crippen LogP contribution in [0.5, 0.6) is 0 Å². The highest BCUT2D eigenvalue weighted by atomic mass is 16.7. The average Bonchev–Trinajstić information content (AvgIpc) is 2.38. The van der Waals surface area contributed by atoms with Gasteiger partial charge < -0.3 is 9.47 Å². The minimum absolute atomic E-state index is 0.173. The van der Waals surface area contributed by atoms with E-state index in [9.17, 15) is 0 Å². The van der Waals surface area contributed by atoms with Gasteiger partial charge in [-0.15, -0.1) is 0 Å². The van der Waals surface area contributed by atoms with E-state index in [1.54, 1.807) is 0 Å². The monoisotopic (exact) mass is 232 g/mol. The van der Waals surface area contributed by atoms with E-state index < -0.39 is 0 Å². The Balaban J connectivity index is 1.95. The van der Waals surface area contributed by atoms with E-state index in [2.05, 4.69) is 44.2 Å². The van der Waals surface area contributed by atoms with Gasteiger partial charge in [0.1, 0.15) is 0 Å². The number of benzene rings is 1. The highest BCUT2D eigenvalue weighted by molar-refractivity contribution is 5.50. The molecule has 1 aromatic carbocycles. The maximum Gasteiger partial charge on any atom is 0.177 e. The minimum Gasteiger partial charge on any atom is -0.349 e. The van der Waals surface area contributed by atoms with Gasteiger partial charge in [-0.2, -0.15) is 0 Å². The molecule has 17 heavy (non-hydrogen) atoms. The quantitative estimate of drug-likeness (QED) is 0.793. The summed E-state index contributed by atoms with van der Waals surface area (Å²) >= 11 is 0. The van der Waals surface area contributed by atoms with Crippen LogP contribution >= 0.6 is 0 Å². The standard InChI is InChI=1S/C15H20O2/c1-12(2)14-7-4-13(5-8-14)6-9-15-16-10-3-11-17-15/h4-9,12,15H,3,10-11H2,1-2H3. The number of rotatable bonds is 3. The smallest absolute Gasteiger partial charge is 0.177 e. The fourth-order valence-corrected chi connectivity index (χ4v) is 1.80. The molecule has 0 radical (unpaired) electrons. The van der Waals surface area contributed by atoms with Gasteiger partial charge in [0.2, 0.25) is 0 Å². The molecule has 0 N–H and O–H groups in total. The van der Waals surface area contributed by atoms with Gasteiger partial charge in [0, 0.05) is 0 Å². The summed E-state index contributed by atoms with van der Waals surface area (Å²) in [5, 5.41) is 0. The lowest BCUT2D eigenvalue weighted by Gasteiger charge is -2.20. The van der Waals surface area contributed by atoms with E-state index in [1.807, 2.05) is 6.08 Å². The van der Waals surface area contributed by atoms with Crippen LogP contribution < -0.4 is 0 Å². The first-order valence-electron chi connectivity index (χ1n) is 6.27. The zero-order valence-corrected chi connectivity index (χ0v) is 10.6. The van der Waals surface area contributed by atoms with Crippen molar-refractivity contribution < 1.29 is 9.47 Å². The third-order valence-corrected chi connectivity index (χ3v) is 2.90. The lowest BCUT2D eigenvalue weighted by atomic mass is 10.0. The summed E-state index contributed by atoms with van der Waals surface area (Å²) in [6, 6.07) is 8.61. The first kappa shape index (κ1) is 12.3. The van der Waals surface area contributed by atoms with Gasteiger partial charge in [-0.3, -0.25) is 0 Å². The summed E-state index contributed by atoms with van der Waals surface area (Å²) in [6.07, 6.45) is 4.85. The van der Waals surface area contributed by atoms with Gasteiger partial charge in [-0.05, 0) is 29.5 Å². The van der Waals surface area contributed by atoms with E-state index in [0.29, 0.717) is 5.92 Å². The predicted molar refractivity (Wildman–Crippen MR) is 69.9 cm³/mol. The number of ether oxygens (including phenoxy) is 2. The molecule has 0 unspecified atom stereocenters. The molecular formula is C15H20O2. The second-order valence-corrected chi connectivity index (χ2v) is 4.64. The van der Waals surface area contributed by atoms with Crippen LogP contribution in [0.15, 0.2) is 30.3 Å². The zero-order valence-electron chi connectivity index (χ0n) is 10.6. The van der Waals surface area contributed by atoms with Gasteiger partial charge in [-0.25, -0.2) is 0 Å². The summed E-state index contributed by atoms with van der Waals surface area (Å²) in [7, 11) is 0. The molecule has 1 heterocycles. The van der Waals surface area contributed by atoms with Crippen molar-refractivity contribution in [2.75, 3.05) is 13.2 Å². The van der Waals surface area contributed by atoms with Crippen LogP contribution in [-0.4, -0.2) is 19.5 Å². The van der Waals surface area contributed by atoms with Crippen LogP contribution in [0.25, 0.3) is 6.08 Å². The maximum absolute atomic E-state index is 5.45. The van der Waals surface area contributed by atoms with Crippen LogP contribution in [-0.2, 0) is 9.47 Å². The van der Waals surface area contributed by atoms with E-state index in [1.165, 1.54) is 11.1 Å². The molecule has 0 aliphatic carbocycles. The average molecular weight is 232 g/mol. The normalized spacial score (nSPS) is 18.1. The molecule has 0 bridgehead atoms. The molecule has 2 rings (SSSR count). The van der Waals surface area contributed by atoms with Crippen molar-refractivity contribution in [3.63, 3.8) is 0 Å². The molecule has 0 aromatic heterocycles. The Morgan fingerprint density at radius 1 is 1.12 bits per heavy atom. The Hall–Kier alpha value is -1.12. The molecule has 1 fully saturated rings. The van der Waals surface area contributed by atoms with Crippen LogP contribution in [0.1, 0.15) is 37.3 Å². The van der Waals surface area contributed by atoms with Crippen molar-refractivity contribution in [3.8, 4) is 0 Å². The fourth-order valence-electron chi connectivity index (χ4n) is 1.80. The molecule has 0 atom stereocenters. The SMILES string of the molecule is CC(C)c1ccc(C=CC2OCCCO2)cc1. The fraction of sp³-hybridized carbons (Fsp3) is 0.467. The van der Waals surface area contributed by atoms with E-state index in [-0.39, 0.29) is 6.29 Å². The summed E-state index contributed by atoms with van der Waals surface area (Å²) in [6.45, 7) is 5.99. The Labute approximate surface area is 103 Å². The maximum atomic E-state index is 5.45. The second-order valence-electron chi connectivity index (χ2n) is 4.64. The van der Waals surface area contributed by atoms with Gasteiger partial charge >= 0.3 is 0 Å². The predicted octanol–water partition coefficient (Wildman–Crippen LogP) is 3.59. The summed E-state index contributed by atoms with van der Waals surface area (Å²) in [5.41, 5.74) is 2.56. The molecular weight excluding hydrogens is 212 g/mol. The van der Waals surface area contributed by atoms with Crippen LogP contribution in [0.4, 0.5) is 0 Å². The van der Waals surface area contributed by atoms with Gasteiger partial charge in [0.25, 0.3) is 0 Å². The summed E-state index contributed by atoms with van der Waals surface area (Å²) in [4.78, 5) is 0. The van der Waals surface area contributed by atoms with Crippen molar-refractivity contribution in [3.05, 3.63) is 41.5 Å². The Bertz CT molecular complexity index is 359. The largest absolute Gasteiger partial charge is 0.349 e. The molecule has 92 valence electrons. The number of hydrogen-bond donors (Lipinski definition) is 0. The molecule has 1 aromatic rings. The highest BCUT2D eigenvalue weighted by Gasteiger charge is 2.09. The lowest BCUT2D eigenvalue weighted by molar-refractivity contribution is -0.149. The summed E-state index contributed by atoms with van der Waals surface area (Å²) in [5.74, 6) is 0.582. The summed E-state index contributed by atoms with van der Waals surface area (Å²) < 4.78 is 10.9. The van der Waals surface area contributed by atoms with Crippen molar-refractivity contribution in [2.45, 2.75) is 32.5 Å². The molecule has 1 aliphatic rings. The third kappa shape index (κ3) is 3.69. The molecule has 0 saturated carbocycles. The van der Waals surface area contributed by atoms with Crippen LogP contribution in [0.3, 0.4) is 0 Å². The molecule has 0 amide bonds. The van der Waals surface area contributed by atoms with Crippen molar-refractivity contribution in [1.29, 1.82) is 0 Å². The third-order valence-electron chi connectivity index (χ3n) is 2.90. The minimum atomic E-state index is -0.173. The topological polar surface area (TPSA) is 18.5 Å². The van der Waals surface area contributed by atoms with E-state index in [4.69, 9.17) is 9.47 Å². The Kier molecular flexibility index (Phi) is 4.35. The Morgan fingerprint density at radius 2 is 1.76 bits per heavy atom. The lowest BCUT2D eigenvalue weighted by Crippen LogP contribution is -2.22. The molecule has 0 spiro atoms. The van der Waals surface area contributed by atoms with Crippen molar-refractivity contribution >= 4 is 6.08 Å². The molecule has 1 saturated heterocycles. The van der Waals surface area contributed by atoms with Crippen LogP contribution in [0, 0.1) is 0 Å². The Morgan fingerprint density at radius 3 is 2.35 bits per heavy atom. The molecule has 2 nitrogen and oxygen atoms in total. The van der Waals surface area contributed by atoms with E-state index in [0.717, 1.165) is 19.6 Å². The van der Waals surface area contributed by atoms with Crippen molar-refractivity contribution in [2.24, 2.45) is 0 Å². The van der Waals surface area contributed by atoms with Gasteiger partial charge in [0.05, 0.1) is 13.2 Å². The highest BCUT2D eigenvalue weighted by Crippen LogP contribution is 2.16. The van der Waals surface area contributed by atoms with E-state index >= 15 is 0 Å². The first-order valence-corrected chi connectivity index (χ1v) is 6.27.